The van der Waals surface area contributed by atoms with E-state index in [1.54, 1.807) is 22.5 Å². The molecular formula is C18H24ClN3O3S. The van der Waals surface area contributed by atoms with E-state index < -0.39 is 10.0 Å². The number of fused-ring (bicyclic) bond motifs is 1. The highest BCUT2D eigenvalue weighted by Gasteiger charge is 2.29. The van der Waals surface area contributed by atoms with E-state index in [9.17, 15) is 8.42 Å². The Morgan fingerprint density at radius 3 is 2.77 bits per heavy atom. The van der Waals surface area contributed by atoms with Gasteiger partial charge in [0.15, 0.2) is 0 Å². The fourth-order valence-electron chi connectivity index (χ4n) is 3.16. The highest BCUT2D eigenvalue weighted by atomic mass is 35.5. The third kappa shape index (κ3) is 3.81. The number of hydrogen-bond donors (Lipinski definition) is 0. The lowest BCUT2D eigenvalue weighted by Crippen LogP contribution is -2.34. The Kier molecular flexibility index (Phi) is 6.02. The lowest BCUT2D eigenvalue weighted by Gasteiger charge is -2.22. The van der Waals surface area contributed by atoms with Crippen LogP contribution >= 0.6 is 11.6 Å². The first-order valence-corrected chi connectivity index (χ1v) is 10.7. The largest absolute Gasteiger partial charge is 0.493 e. The van der Waals surface area contributed by atoms with Crippen LogP contribution in [0.3, 0.4) is 0 Å². The van der Waals surface area contributed by atoms with Gasteiger partial charge in [0.1, 0.15) is 10.9 Å². The van der Waals surface area contributed by atoms with Crippen LogP contribution in [0, 0.1) is 0 Å². The molecule has 0 saturated carbocycles. The number of sulfonamides is 1. The van der Waals surface area contributed by atoms with Gasteiger partial charge in [0.25, 0.3) is 0 Å². The van der Waals surface area contributed by atoms with Crippen molar-refractivity contribution in [2.24, 2.45) is 0 Å². The molecule has 3 rings (SSSR count). The van der Waals surface area contributed by atoms with Crippen LogP contribution in [0.2, 0.25) is 5.15 Å². The van der Waals surface area contributed by atoms with Crippen molar-refractivity contribution in [3.63, 3.8) is 0 Å². The van der Waals surface area contributed by atoms with Crippen molar-refractivity contribution in [1.29, 1.82) is 0 Å². The highest BCUT2D eigenvalue weighted by Crippen LogP contribution is 2.36. The zero-order chi connectivity index (χ0) is 18.7. The first-order valence-electron chi connectivity index (χ1n) is 8.84. The van der Waals surface area contributed by atoms with E-state index in [2.05, 4.69) is 9.88 Å². The Balaban J connectivity index is 2.09. The van der Waals surface area contributed by atoms with Gasteiger partial charge in [0.2, 0.25) is 10.0 Å². The number of rotatable bonds is 5. The van der Waals surface area contributed by atoms with Gasteiger partial charge in [-0.05, 0) is 44.6 Å². The molecule has 0 atom stereocenters. The standard InChI is InChI=1S/C18H24ClN3O3S/c1-3-13-25-15-5-6-16(14-7-8-20-18(19)17(14)15)26(23,24)22-10-4-9-21(2)11-12-22/h5-8H,3-4,9-13H2,1-2H3. The van der Waals surface area contributed by atoms with Crippen LogP contribution < -0.4 is 4.74 Å². The molecule has 2 heterocycles. The number of nitrogens with zero attached hydrogens (tertiary/aromatic N) is 3. The third-order valence-corrected chi connectivity index (χ3v) is 6.80. The zero-order valence-electron chi connectivity index (χ0n) is 15.1. The predicted molar refractivity (Wildman–Crippen MR) is 103 cm³/mol. The Morgan fingerprint density at radius 2 is 2.00 bits per heavy atom. The molecule has 1 aromatic carbocycles. The van der Waals surface area contributed by atoms with Crippen LogP contribution in [-0.2, 0) is 10.0 Å². The first-order chi connectivity index (χ1) is 12.4. The topological polar surface area (TPSA) is 62.7 Å². The molecule has 0 N–H and O–H groups in total. The van der Waals surface area contributed by atoms with Crippen LogP contribution in [0.25, 0.3) is 10.8 Å². The van der Waals surface area contributed by atoms with Gasteiger partial charge in [-0.25, -0.2) is 13.4 Å². The summed E-state index contributed by atoms with van der Waals surface area (Å²) in [6, 6.07) is 4.99. The van der Waals surface area contributed by atoms with Gasteiger partial charge < -0.3 is 9.64 Å². The second kappa shape index (κ2) is 8.08. The van der Waals surface area contributed by atoms with Crippen molar-refractivity contribution in [2.45, 2.75) is 24.7 Å². The molecule has 0 aliphatic carbocycles. The summed E-state index contributed by atoms with van der Waals surface area (Å²) in [4.78, 5) is 6.51. The average molecular weight is 398 g/mol. The fourth-order valence-corrected chi connectivity index (χ4v) is 5.07. The number of aromatic nitrogens is 1. The normalized spacial score (nSPS) is 17.3. The smallest absolute Gasteiger partial charge is 0.243 e. The van der Waals surface area contributed by atoms with Gasteiger partial charge in [-0.3, -0.25) is 0 Å². The number of likely N-dealkylation sites (N-methyl/N-ethyl adjacent to an activating group) is 1. The minimum absolute atomic E-state index is 0.251. The van der Waals surface area contributed by atoms with Gasteiger partial charge in [-0.15, -0.1) is 0 Å². The minimum atomic E-state index is -3.62. The van der Waals surface area contributed by atoms with Gasteiger partial charge in [0.05, 0.1) is 16.9 Å². The molecule has 1 aliphatic heterocycles. The van der Waals surface area contributed by atoms with Crippen LogP contribution in [0.4, 0.5) is 0 Å². The molecule has 2 aromatic rings. The number of benzene rings is 1. The van der Waals surface area contributed by atoms with E-state index in [1.165, 1.54) is 6.20 Å². The second-order valence-corrected chi connectivity index (χ2v) is 8.76. The van der Waals surface area contributed by atoms with Crippen molar-refractivity contribution in [3.05, 3.63) is 29.5 Å². The Hall–Kier alpha value is -1.41. The third-order valence-electron chi connectivity index (χ3n) is 4.56. The highest BCUT2D eigenvalue weighted by molar-refractivity contribution is 7.89. The van der Waals surface area contributed by atoms with E-state index >= 15 is 0 Å². The van der Waals surface area contributed by atoms with Crippen molar-refractivity contribution in [2.75, 3.05) is 39.8 Å². The Bertz CT molecular complexity index is 889. The number of ether oxygens (including phenoxy) is 1. The first kappa shape index (κ1) is 19.4. The number of halogens is 1. The molecule has 1 aromatic heterocycles. The molecule has 6 nitrogen and oxygen atoms in total. The van der Waals surface area contributed by atoms with Crippen molar-refractivity contribution < 1.29 is 13.2 Å². The molecule has 1 aliphatic rings. The monoisotopic (exact) mass is 397 g/mol. The number of hydrogen-bond acceptors (Lipinski definition) is 5. The molecule has 142 valence electrons. The maximum absolute atomic E-state index is 13.3. The molecule has 8 heteroatoms. The summed E-state index contributed by atoms with van der Waals surface area (Å²) < 4.78 is 33.9. The number of pyridine rings is 1. The molecule has 0 bridgehead atoms. The quantitative estimate of drug-likeness (QED) is 0.726. The summed E-state index contributed by atoms with van der Waals surface area (Å²) >= 11 is 6.29. The molecule has 0 unspecified atom stereocenters. The van der Waals surface area contributed by atoms with Gasteiger partial charge in [-0.2, -0.15) is 4.31 Å². The zero-order valence-corrected chi connectivity index (χ0v) is 16.7. The van der Waals surface area contributed by atoms with Crippen LogP contribution in [0.15, 0.2) is 29.3 Å². The molecule has 0 radical (unpaired) electrons. The summed E-state index contributed by atoms with van der Waals surface area (Å²) in [6.07, 6.45) is 3.19. The second-order valence-electron chi connectivity index (χ2n) is 6.50. The van der Waals surface area contributed by atoms with E-state index in [0.717, 1.165) is 25.9 Å². The average Bonchev–Trinajstić information content (AvgIpc) is 2.84. The summed E-state index contributed by atoms with van der Waals surface area (Å²) in [6.45, 7) is 5.15. The van der Waals surface area contributed by atoms with Gasteiger partial charge in [0, 0.05) is 31.2 Å². The van der Waals surface area contributed by atoms with Crippen molar-refractivity contribution in [3.8, 4) is 5.75 Å². The Labute approximate surface area is 159 Å². The summed E-state index contributed by atoms with van der Waals surface area (Å²) in [5.74, 6) is 0.564. The fraction of sp³-hybridized carbons (Fsp3) is 0.500. The van der Waals surface area contributed by atoms with E-state index in [0.29, 0.717) is 36.2 Å². The lowest BCUT2D eigenvalue weighted by molar-refractivity contribution is 0.321. The van der Waals surface area contributed by atoms with E-state index in [4.69, 9.17) is 16.3 Å². The van der Waals surface area contributed by atoms with E-state index in [1.807, 2.05) is 14.0 Å². The Morgan fingerprint density at radius 1 is 1.19 bits per heavy atom. The molecule has 26 heavy (non-hydrogen) atoms. The van der Waals surface area contributed by atoms with Gasteiger partial charge in [-0.1, -0.05) is 18.5 Å². The summed E-state index contributed by atoms with van der Waals surface area (Å²) in [5.41, 5.74) is 0. The minimum Gasteiger partial charge on any atom is -0.493 e. The summed E-state index contributed by atoms with van der Waals surface area (Å²) in [7, 11) is -1.61. The maximum atomic E-state index is 13.3. The van der Waals surface area contributed by atoms with Gasteiger partial charge >= 0.3 is 0 Å². The molecule has 1 fully saturated rings. The lowest BCUT2D eigenvalue weighted by atomic mass is 10.1. The maximum Gasteiger partial charge on any atom is 0.243 e. The van der Waals surface area contributed by atoms with Crippen LogP contribution in [0.1, 0.15) is 19.8 Å². The van der Waals surface area contributed by atoms with E-state index in [-0.39, 0.29) is 10.0 Å². The summed E-state index contributed by atoms with van der Waals surface area (Å²) in [5, 5.41) is 1.35. The molecule has 1 saturated heterocycles. The molecule has 0 spiro atoms. The van der Waals surface area contributed by atoms with Crippen LogP contribution in [-0.4, -0.2) is 62.4 Å². The molecular weight excluding hydrogens is 374 g/mol. The van der Waals surface area contributed by atoms with Crippen LogP contribution in [0.5, 0.6) is 5.75 Å². The van der Waals surface area contributed by atoms with Crippen molar-refractivity contribution >= 4 is 32.4 Å². The molecule has 0 amide bonds. The SMILES string of the molecule is CCCOc1ccc(S(=O)(=O)N2CCCN(C)CC2)c2ccnc(Cl)c12. The predicted octanol–water partition coefficient (Wildman–Crippen LogP) is 3.00. The van der Waals surface area contributed by atoms with Crippen molar-refractivity contribution in [1.82, 2.24) is 14.2 Å².